The Hall–Kier alpha value is -1.20. The van der Waals surface area contributed by atoms with Crippen LogP contribution in [-0.2, 0) is 17.8 Å². The van der Waals surface area contributed by atoms with Crippen LogP contribution in [0.4, 0.5) is 0 Å². The predicted octanol–water partition coefficient (Wildman–Crippen LogP) is 0.198. The molecule has 0 spiro atoms. The summed E-state index contributed by atoms with van der Waals surface area (Å²) in [6.07, 6.45) is 1.57. The van der Waals surface area contributed by atoms with Crippen LogP contribution >= 0.6 is 0 Å². The Morgan fingerprint density at radius 3 is 3.07 bits per heavy atom. The van der Waals surface area contributed by atoms with Crippen LogP contribution in [0.5, 0.6) is 0 Å². The number of rotatable bonds is 6. The highest BCUT2D eigenvalue weighted by atomic mass is 16.5. The van der Waals surface area contributed by atoms with E-state index in [4.69, 9.17) is 10.5 Å². The molecule has 3 N–H and O–H groups in total. The van der Waals surface area contributed by atoms with E-state index in [0.29, 0.717) is 32.0 Å². The van der Waals surface area contributed by atoms with Crippen molar-refractivity contribution in [3.63, 3.8) is 0 Å². The molecular formula is C10H17N3O2. The summed E-state index contributed by atoms with van der Waals surface area (Å²) < 4.78 is 5.29. The molecule has 0 atom stereocenters. The van der Waals surface area contributed by atoms with Gasteiger partial charge in [-0.1, -0.05) is 6.92 Å². The van der Waals surface area contributed by atoms with Gasteiger partial charge in [0, 0.05) is 24.8 Å². The summed E-state index contributed by atoms with van der Waals surface area (Å²) in [7, 11) is 0. The molecule has 5 heteroatoms. The summed E-state index contributed by atoms with van der Waals surface area (Å²) in [6, 6.07) is 1.47. The summed E-state index contributed by atoms with van der Waals surface area (Å²) in [5.74, 6) is 0.569. The molecule has 0 fully saturated rings. The van der Waals surface area contributed by atoms with Crippen molar-refractivity contribution in [2.45, 2.75) is 26.4 Å². The minimum Gasteiger partial charge on any atom is -0.374 e. The summed E-state index contributed by atoms with van der Waals surface area (Å²) in [5.41, 5.74) is 5.97. The van der Waals surface area contributed by atoms with Gasteiger partial charge in [0.15, 0.2) is 0 Å². The van der Waals surface area contributed by atoms with Gasteiger partial charge in [-0.05, 0) is 13.0 Å². The van der Waals surface area contributed by atoms with Crippen LogP contribution in [0.2, 0.25) is 0 Å². The van der Waals surface area contributed by atoms with Crippen molar-refractivity contribution < 1.29 is 4.74 Å². The fourth-order valence-corrected chi connectivity index (χ4v) is 1.22. The average molecular weight is 211 g/mol. The van der Waals surface area contributed by atoms with Gasteiger partial charge in [0.25, 0.3) is 5.56 Å². The van der Waals surface area contributed by atoms with E-state index in [1.54, 1.807) is 0 Å². The number of aromatic nitrogens is 2. The number of aromatic amines is 1. The Morgan fingerprint density at radius 2 is 2.40 bits per heavy atom. The average Bonchev–Trinajstić information content (AvgIpc) is 2.18. The fourth-order valence-electron chi connectivity index (χ4n) is 1.22. The second-order valence-electron chi connectivity index (χ2n) is 3.27. The predicted molar refractivity (Wildman–Crippen MR) is 57.6 cm³/mol. The van der Waals surface area contributed by atoms with Crippen LogP contribution in [-0.4, -0.2) is 23.1 Å². The largest absolute Gasteiger partial charge is 0.374 e. The Bertz CT molecular complexity index is 349. The van der Waals surface area contributed by atoms with Crippen LogP contribution in [0.25, 0.3) is 0 Å². The highest BCUT2D eigenvalue weighted by Crippen LogP contribution is 1.95. The molecule has 1 aromatic heterocycles. The number of nitrogens with one attached hydrogen (secondary N) is 1. The first-order chi connectivity index (χ1) is 7.26. The lowest BCUT2D eigenvalue weighted by Gasteiger charge is -2.03. The van der Waals surface area contributed by atoms with E-state index in [2.05, 4.69) is 9.97 Å². The van der Waals surface area contributed by atoms with E-state index in [9.17, 15) is 4.79 Å². The van der Waals surface area contributed by atoms with Crippen LogP contribution in [0, 0.1) is 0 Å². The van der Waals surface area contributed by atoms with Gasteiger partial charge in [0.05, 0.1) is 0 Å². The number of hydrogen-bond acceptors (Lipinski definition) is 4. The first kappa shape index (κ1) is 11.9. The molecule has 0 amide bonds. The smallest absolute Gasteiger partial charge is 0.251 e. The Morgan fingerprint density at radius 1 is 1.60 bits per heavy atom. The molecule has 84 valence electrons. The minimum absolute atomic E-state index is 0.149. The van der Waals surface area contributed by atoms with Gasteiger partial charge in [-0.3, -0.25) is 4.79 Å². The second-order valence-corrected chi connectivity index (χ2v) is 3.27. The zero-order valence-electron chi connectivity index (χ0n) is 8.95. The third-order valence-corrected chi connectivity index (χ3v) is 1.83. The lowest BCUT2D eigenvalue weighted by atomic mass is 10.3. The van der Waals surface area contributed by atoms with Crippen LogP contribution in [0.15, 0.2) is 10.9 Å². The maximum atomic E-state index is 11.2. The van der Waals surface area contributed by atoms with Gasteiger partial charge in [-0.2, -0.15) is 0 Å². The molecule has 0 radical (unpaired) electrons. The third-order valence-electron chi connectivity index (χ3n) is 1.83. The molecule has 1 heterocycles. The van der Waals surface area contributed by atoms with Crippen molar-refractivity contribution in [1.29, 1.82) is 0 Å². The van der Waals surface area contributed by atoms with Gasteiger partial charge >= 0.3 is 0 Å². The van der Waals surface area contributed by atoms with Crippen LogP contribution < -0.4 is 11.3 Å². The second kappa shape index (κ2) is 6.31. The molecule has 0 aliphatic carbocycles. The third kappa shape index (κ3) is 4.22. The number of ether oxygens (including phenoxy) is 1. The van der Waals surface area contributed by atoms with Crippen molar-refractivity contribution in [3.8, 4) is 0 Å². The molecule has 0 saturated carbocycles. The lowest BCUT2D eigenvalue weighted by Crippen LogP contribution is -2.16. The number of H-pyrrole nitrogens is 1. The molecule has 15 heavy (non-hydrogen) atoms. The highest BCUT2D eigenvalue weighted by molar-refractivity contribution is 5.02. The maximum Gasteiger partial charge on any atom is 0.251 e. The molecule has 0 aliphatic rings. The molecule has 0 bridgehead atoms. The van der Waals surface area contributed by atoms with Gasteiger partial charge in [-0.15, -0.1) is 0 Å². The lowest BCUT2D eigenvalue weighted by molar-refractivity contribution is 0.115. The van der Waals surface area contributed by atoms with Crippen molar-refractivity contribution in [1.82, 2.24) is 9.97 Å². The molecular weight excluding hydrogens is 194 g/mol. The van der Waals surface area contributed by atoms with E-state index >= 15 is 0 Å². The first-order valence-corrected chi connectivity index (χ1v) is 5.13. The van der Waals surface area contributed by atoms with E-state index in [-0.39, 0.29) is 5.56 Å². The standard InChI is InChI=1S/C10H17N3O2/c1-2-5-15-7-9-12-8(3-4-11)6-10(14)13-9/h6H,2-5,7,11H2,1H3,(H,12,13,14). The number of hydrogen-bond donors (Lipinski definition) is 2. The van der Waals surface area contributed by atoms with Gasteiger partial charge < -0.3 is 15.5 Å². The van der Waals surface area contributed by atoms with Crippen molar-refractivity contribution in [3.05, 3.63) is 27.9 Å². The first-order valence-electron chi connectivity index (χ1n) is 5.13. The Balaban J connectivity index is 2.66. The van der Waals surface area contributed by atoms with E-state index in [1.807, 2.05) is 6.92 Å². The molecule has 0 unspecified atom stereocenters. The SMILES string of the molecule is CCCOCc1nc(CCN)cc(=O)[nH]1. The topological polar surface area (TPSA) is 81.0 Å². The van der Waals surface area contributed by atoms with Crippen LogP contribution in [0.1, 0.15) is 24.9 Å². The summed E-state index contributed by atoms with van der Waals surface area (Å²) in [5, 5.41) is 0. The van der Waals surface area contributed by atoms with Crippen molar-refractivity contribution in [2.24, 2.45) is 5.73 Å². The summed E-state index contributed by atoms with van der Waals surface area (Å²) in [4.78, 5) is 18.1. The molecule has 1 aromatic rings. The van der Waals surface area contributed by atoms with E-state index in [0.717, 1.165) is 12.1 Å². The fraction of sp³-hybridized carbons (Fsp3) is 0.600. The monoisotopic (exact) mass is 211 g/mol. The highest BCUT2D eigenvalue weighted by Gasteiger charge is 2.00. The summed E-state index contributed by atoms with van der Waals surface area (Å²) in [6.45, 7) is 3.54. The van der Waals surface area contributed by atoms with Gasteiger partial charge in [-0.25, -0.2) is 4.98 Å². The van der Waals surface area contributed by atoms with Crippen LogP contribution in [0.3, 0.4) is 0 Å². The normalized spacial score (nSPS) is 10.5. The molecule has 1 rings (SSSR count). The molecule has 0 aliphatic heterocycles. The number of nitrogens with zero attached hydrogens (tertiary/aromatic N) is 1. The van der Waals surface area contributed by atoms with E-state index in [1.165, 1.54) is 6.07 Å². The van der Waals surface area contributed by atoms with Gasteiger partial charge in [0.1, 0.15) is 12.4 Å². The quantitative estimate of drug-likeness (QED) is 0.658. The van der Waals surface area contributed by atoms with E-state index < -0.39 is 0 Å². The zero-order chi connectivity index (χ0) is 11.1. The summed E-state index contributed by atoms with van der Waals surface area (Å²) >= 11 is 0. The Labute approximate surface area is 88.7 Å². The van der Waals surface area contributed by atoms with Crippen molar-refractivity contribution >= 4 is 0 Å². The molecule has 5 nitrogen and oxygen atoms in total. The molecule has 0 saturated heterocycles. The Kier molecular flexibility index (Phi) is 5.00. The maximum absolute atomic E-state index is 11.2. The number of nitrogens with two attached hydrogens (primary N) is 1. The molecule has 0 aromatic carbocycles. The van der Waals surface area contributed by atoms with Crippen molar-refractivity contribution in [2.75, 3.05) is 13.2 Å². The zero-order valence-corrected chi connectivity index (χ0v) is 8.95. The minimum atomic E-state index is -0.149. The van der Waals surface area contributed by atoms with Gasteiger partial charge in [0.2, 0.25) is 0 Å².